The van der Waals surface area contributed by atoms with Crippen LogP contribution in [0.1, 0.15) is 91.5 Å². The van der Waals surface area contributed by atoms with Gasteiger partial charge >= 0.3 is 0 Å². The molecule has 8 heteroatoms. The third-order valence-electron chi connectivity index (χ3n) is 14.5. The van der Waals surface area contributed by atoms with E-state index in [9.17, 15) is 23.8 Å². The van der Waals surface area contributed by atoms with Crippen LogP contribution in [0.4, 0.5) is 8.78 Å². The van der Waals surface area contributed by atoms with Gasteiger partial charge in [-0.3, -0.25) is 4.79 Å². The van der Waals surface area contributed by atoms with Gasteiger partial charge in [-0.2, -0.15) is 0 Å². The summed E-state index contributed by atoms with van der Waals surface area (Å²) in [5.74, 6) is -0.481. The predicted octanol–water partition coefficient (Wildman–Crippen LogP) is 5.18. The number of aliphatic hydroxyl groups is 2. The average molecular weight is 601 g/mol. The summed E-state index contributed by atoms with van der Waals surface area (Å²) in [4.78, 5) is 14.2. The van der Waals surface area contributed by atoms with Crippen LogP contribution in [0.25, 0.3) is 0 Å². The number of ether oxygens (including phenoxy) is 1. The third-order valence-corrected chi connectivity index (χ3v) is 14.5. The number of halogens is 2. The Morgan fingerprint density at radius 1 is 1.02 bits per heavy atom. The Morgan fingerprint density at radius 3 is 2.35 bits per heavy atom. The summed E-state index contributed by atoms with van der Waals surface area (Å²) >= 11 is 0. The highest BCUT2D eigenvalue weighted by atomic mass is 19.1. The molecule has 5 saturated carbocycles. The Hall–Kier alpha value is -1.61. The molecular weight excluding hydrogens is 550 g/mol. The van der Waals surface area contributed by atoms with Gasteiger partial charge in [0.1, 0.15) is 11.6 Å². The molecule has 1 aliphatic heterocycles. The molecule has 0 bridgehead atoms. The summed E-state index contributed by atoms with van der Waals surface area (Å²) in [6, 6.07) is 3.34. The van der Waals surface area contributed by atoms with E-state index in [1.54, 1.807) is 4.90 Å². The Kier molecular flexibility index (Phi) is 6.61. The summed E-state index contributed by atoms with van der Waals surface area (Å²) in [6.07, 6.45) is 6.11. The van der Waals surface area contributed by atoms with Crippen molar-refractivity contribution in [2.75, 3.05) is 6.54 Å². The van der Waals surface area contributed by atoms with E-state index in [1.165, 1.54) is 19.1 Å². The largest absolute Gasteiger partial charge is 0.393 e. The molecule has 238 valence electrons. The summed E-state index contributed by atoms with van der Waals surface area (Å²) < 4.78 is 34.5. The van der Waals surface area contributed by atoms with Gasteiger partial charge in [0.05, 0.1) is 30.0 Å². The summed E-state index contributed by atoms with van der Waals surface area (Å²) in [5.41, 5.74) is 7.25. The van der Waals surface area contributed by atoms with E-state index in [-0.39, 0.29) is 70.6 Å². The molecular formula is C35H50F2N2O4. The van der Waals surface area contributed by atoms with Crippen molar-refractivity contribution in [2.45, 2.75) is 122 Å². The van der Waals surface area contributed by atoms with Crippen LogP contribution in [0.2, 0.25) is 0 Å². The second-order valence-electron chi connectivity index (χ2n) is 16.5. The minimum Gasteiger partial charge on any atom is -0.393 e. The lowest BCUT2D eigenvalue weighted by atomic mass is 9.43. The molecule has 12 atom stereocenters. The molecule has 0 aromatic heterocycles. The molecule has 0 radical (unpaired) electrons. The molecule has 6 aliphatic rings. The smallest absolute Gasteiger partial charge is 0.219 e. The van der Waals surface area contributed by atoms with Crippen LogP contribution in [0.5, 0.6) is 0 Å². The number of hydrogen-bond acceptors (Lipinski definition) is 5. The maximum atomic E-state index is 13.9. The first-order valence-corrected chi connectivity index (χ1v) is 16.6. The number of nitrogens with two attached hydrogens (primary N) is 1. The number of rotatable bonds is 4. The number of amides is 1. The lowest BCUT2D eigenvalue weighted by molar-refractivity contribution is -0.154. The second-order valence-corrected chi connectivity index (χ2v) is 16.5. The highest BCUT2D eigenvalue weighted by Gasteiger charge is 2.85. The number of carbonyl (C=O) groups excluding carboxylic acids is 1. The molecule has 6 fully saturated rings. The molecule has 1 aromatic rings. The summed E-state index contributed by atoms with van der Waals surface area (Å²) in [7, 11) is 0. The topological polar surface area (TPSA) is 96.0 Å². The zero-order valence-electron chi connectivity index (χ0n) is 26.4. The molecule has 1 aromatic carbocycles. The van der Waals surface area contributed by atoms with Crippen molar-refractivity contribution >= 4 is 5.91 Å². The highest BCUT2D eigenvalue weighted by Crippen LogP contribution is 2.87. The van der Waals surface area contributed by atoms with Crippen molar-refractivity contribution in [3.8, 4) is 0 Å². The van der Waals surface area contributed by atoms with E-state index in [0.29, 0.717) is 11.5 Å². The van der Waals surface area contributed by atoms with Gasteiger partial charge in [0.2, 0.25) is 5.91 Å². The van der Waals surface area contributed by atoms with Gasteiger partial charge in [-0.25, -0.2) is 8.78 Å². The zero-order valence-corrected chi connectivity index (χ0v) is 26.4. The minimum absolute atomic E-state index is 0.0896. The Balaban J connectivity index is 1.15. The van der Waals surface area contributed by atoms with Gasteiger partial charge in [0, 0.05) is 26.1 Å². The van der Waals surface area contributed by atoms with Crippen molar-refractivity contribution in [1.29, 1.82) is 0 Å². The minimum atomic E-state index is -0.811. The van der Waals surface area contributed by atoms with Crippen LogP contribution in [0, 0.1) is 57.0 Å². The first kappa shape index (κ1) is 30.1. The number of nitrogens with zero attached hydrogens (tertiary/aromatic N) is 1. The molecule has 1 heterocycles. The predicted molar refractivity (Wildman–Crippen MR) is 158 cm³/mol. The van der Waals surface area contributed by atoms with Crippen LogP contribution >= 0.6 is 0 Å². The maximum Gasteiger partial charge on any atom is 0.219 e. The van der Waals surface area contributed by atoms with Crippen LogP contribution in [-0.4, -0.2) is 57.5 Å². The molecule has 12 unspecified atom stereocenters. The quantitative estimate of drug-likeness (QED) is 0.443. The van der Waals surface area contributed by atoms with Crippen LogP contribution in [-0.2, 0) is 16.1 Å². The molecule has 1 amide bonds. The number of carbonyl (C=O) groups is 1. The van der Waals surface area contributed by atoms with E-state index in [2.05, 4.69) is 27.7 Å². The number of benzene rings is 1. The lowest BCUT2D eigenvalue weighted by Gasteiger charge is -2.63. The SMILES string of the molecule is CC(=O)N(Cc1cc(F)cc(F)c1)CC1CC(C)C2C(O1)C(O)C1(N)C3CCC4C(C)(C)C(O)CCC45CC35CCC21C. The highest BCUT2D eigenvalue weighted by molar-refractivity contribution is 5.73. The van der Waals surface area contributed by atoms with Gasteiger partial charge in [0.15, 0.2) is 0 Å². The van der Waals surface area contributed by atoms with Crippen LogP contribution < -0.4 is 5.73 Å². The molecule has 5 aliphatic carbocycles. The first-order valence-electron chi connectivity index (χ1n) is 16.6. The van der Waals surface area contributed by atoms with Crippen molar-refractivity contribution in [3.63, 3.8) is 0 Å². The standard InChI is InChI=1S/C35H50F2N2O4/c1-19-12-24(17-39(20(2)40)16-21-13-22(36)15-23(37)14-21)43-29-28(19)32(5)10-11-34-18-33(34)9-8-27(41)31(3,4)25(33)6-7-26(34)35(32,38)30(29)42/h13-15,19,24-30,41-42H,6-12,16-18,38H2,1-5H3. The van der Waals surface area contributed by atoms with E-state index < -0.39 is 29.4 Å². The normalized spacial score (nSPS) is 49.2. The molecule has 4 N–H and O–H groups in total. The van der Waals surface area contributed by atoms with Crippen LogP contribution in [0.3, 0.4) is 0 Å². The number of hydrogen-bond donors (Lipinski definition) is 3. The Bertz CT molecular complexity index is 1300. The molecule has 1 saturated heterocycles. The van der Waals surface area contributed by atoms with E-state index >= 15 is 0 Å². The number of aliphatic hydroxyl groups excluding tert-OH is 2. The average Bonchev–Trinajstić information content (AvgIpc) is 3.55. The van der Waals surface area contributed by atoms with Crippen molar-refractivity contribution in [2.24, 2.45) is 51.1 Å². The summed E-state index contributed by atoms with van der Waals surface area (Å²) in [5, 5.41) is 23.2. The first-order chi connectivity index (χ1) is 20.1. The fourth-order valence-electron chi connectivity index (χ4n) is 12.6. The molecule has 2 spiro atoms. The fourth-order valence-corrected chi connectivity index (χ4v) is 12.6. The molecule has 7 rings (SSSR count). The van der Waals surface area contributed by atoms with Crippen molar-refractivity contribution in [1.82, 2.24) is 4.90 Å². The van der Waals surface area contributed by atoms with E-state index in [0.717, 1.165) is 57.4 Å². The fraction of sp³-hybridized carbons (Fsp3) is 0.800. The maximum absolute atomic E-state index is 13.9. The van der Waals surface area contributed by atoms with Crippen LogP contribution in [0.15, 0.2) is 18.2 Å². The van der Waals surface area contributed by atoms with E-state index in [1.807, 2.05) is 0 Å². The van der Waals surface area contributed by atoms with Crippen molar-refractivity contribution in [3.05, 3.63) is 35.4 Å². The Morgan fingerprint density at radius 2 is 1.67 bits per heavy atom. The molecule has 43 heavy (non-hydrogen) atoms. The Labute approximate surface area is 254 Å². The number of fused-ring (bicyclic) bond motifs is 4. The zero-order chi connectivity index (χ0) is 30.9. The lowest BCUT2D eigenvalue weighted by Crippen LogP contribution is -2.70. The van der Waals surface area contributed by atoms with Gasteiger partial charge in [-0.1, -0.05) is 27.7 Å². The third kappa shape index (κ3) is 3.85. The van der Waals surface area contributed by atoms with Gasteiger partial charge < -0.3 is 25.6 Å². The van der Waals surface area contributed by atoms with Crippen molar-refractivity contribution < 1.29 is 28.5 Å². The van der Waals surface area contributed by atoms with Gasteiger partial charge in [0.25, 0.3) is 0 Å². The van der Waals surface area contributed by atoms with Gasteiger partial charge in [-0.15, -0.1) is 0 Å². The molecule has 6 nitrogen and oxygen atoms in total. The van der Waals surface area contributed by atoms with E-state index in [4.69, 9.17) is 10.5 Å². The summed E-state index contributed by atoms with van der Waals surface area (Å²) in [6.45, 7) is 10.9. The monoisotopic (exact) mass is 600 g/mol. The second kappa shape index (κ2) is 9.46. The van der Waals surface area contributed by atoms with Gasteiger partial charge in [-0.05, 0) is 114 Å².